The lowest BCUT2D eigenvalue weighted by Crippen LogP contribution is -2.19. The molecule has 1 aliphatic rings. The van der Waals surface area contributed by atoms with E-state index in [2.05, 4.69) is 10.1 Å². The van der Waals surface area contributed by atoms with Crippen LogP contribution >= 0.6 is 0 Å². The van der Waals surface area contributed by atoms with Gasteiger partial charge in [-0.05, 0) is 12.1 Å². The Morgan fingerprint density at radius 2 is 2.08 bits per heavy atom. The average Bonchev–Trinajstić information content (AvgIpc) is 3.16. The number of anilines is 1. The fourth-order valence-corrected chi connectivity index (χ4v) is 3.16. The van der Waals surface area contributed by atoms with Crippen molar-refractivity contribution in [3.8, 4) is 0 Å². The topological polar surface area (TPSA) is 91.5 Å². The van der Waals surface area contributed by atoms with E-state index in [1.165, 1.54) is 0 Å². The molecule has 0 saturated heterocycles. The molecular formula is C17H16N4O3. The monoisotopic (exact) mass is 324 g/mol. The van der Waals surface area contributed by atoms with Gasteiger partial charge in [-0.2, -0.15) is 5.10 Å². The number of nitrogens with zero attached hydrogens (tertiary/aromatic N) is 4. The Kier molecular flexibility index (Phi) is 3.42. The van der Waals surface area contributed by atoms with Crippen LogP contribution in [0.5, 0.6) is 0 Å². The minimum atomic E-state index is -0.960. The number of pyridine rings is 1. The van der Waals surface area contributed by atoms with Gasteiger partial charge in [-0.15, -0.1) is 0 Å². The molecular weight excluding hydrogens is 308 g/mol. The van der Waals surface area contributed by atoms with Gasteiger partial charge in [-0.3, -0.25) is 4.68 Å². The molecule has 3 aromatic rings. The average molecular weight is 324 g/mol. The maximum atomic E-state index is 11.6. The number of para-hydroxylation sites is 1. The van der Waals surface area contributed by atoms with Crippen LogP contribution in [0.4, 0.5) is 5.82 Å². The molecule has 4 rings (SSSR count). The SMILES string of the molecule is O=C(O)c1cc(N2Cc3cnn(CCO)c3C2)nc2ccccc12. The molecule has 1 aromatic carbocycles. The van der Waals surface area contributed by atoms with Crippen LogP contribution in [-0.2, 0) is 19.6 Å². The van der Waals surface area contributed by atoms with Crippen LogP contribution in [-0.4, -0.2) is 37.6 Å². The predicted octanol–water partition coefficient (Wildman–Crippen LogP) is 1.64. The van der Waals surface area contributed by atoms with Crippen molar-refractivity contribution in [3.63, 3.8) is 0 Å². The minimum Gasteiger partial charge on any atom is -0.478 e. The first-order valence-electron chi connectivity index (χ1n) is 7.70. The summed E-state index contributed by atoms with van der Waals surface area (Å²) >= 11 is 0. The van der Waals surface area contributed by atoms with E-state index < -0.39 is 5.97 Å². The van der Waals surface area contributed by atoms with E-state index in [9.17, 15) is 9.90 Å². The number of aliphatic hydroxyl groups is 1. The lowest BCUT2D eigenvalue weighted by molar-refractivity contribution is 0.0699. The minimum absolute atomic E-state index is 0.0332. The summed E-state index contributed by atoms with van der Waals surface area (Å²) in [6.07, 6.45) is 1.80. The van der Waals surface area contributed by atoms with Crippen molar-refractivity contribution in [1.82, 2.24) is 14.8 Å². The summed E-state index contributed by atoms with van der Waals surface area (Å²) in [5.41, 5.74) is 3.04. The van der Waals surface area contributed by atoms with Crippen molar-refractivity contribution in [2.45, 2.75) is 19.6 Å². The number of benzene rings is 1. The van der Waals surface area contributed by atoms with Gasteiger partial charge in [0, 0.05) is 17.5 Å². The van der Waals surface area contributed by atoms with Gasteiger partial charge in [0.25, 0.3) is 0 Å². The molecule has 122 valence electrons. The van der Waals surface area contributed by atoms with Gasteiger partial charge in [-0.1, -0.05) is 18.2 Å². The van der Waals surface area contributed by atoms with E-state index in [1.54, 1.807) is 23.0 Å². The lowest BCUT2D eigenvalue weighted by Gasteiger charge is -2.18. The van der Waals surface area contributed by atoms with Crippen LogP contribution in [0.3, 0.4) is 0 Å². The zero-order valence-electron chi connectivity index (χ0n) is 12.9. The molecule has 0 fully saturated rings. The molecule has 0 bridgehead atoms. The molecule has 0 amide bonds. The number of carboxylic acids is 1. The highest BCUT2D eigenvalue weighted by atomic mass is 16.4. The van der Waals surface area contributed by atoms with Crippen LogP contribution in [0.2, 0.25) is 0 Å². The molecule has 0 unspecified atom stereocenters. The Bertz CT molecular complexity index is 935. The van der Waals surface area contributed by atoms with E-state index in [4.69, 9.17) is 5.11 Å². The van der Waals surface area contributed by atoms with E-state index in [0.717, 1.165) is 11.3 Å². The van der Waals surface area contributed by atoms with Crippen molar-refractivity contribution < 1.29 is 15.0 Å². The highest BCUT2D eigenvalue weighted by molar-refractivity contribution is 6.03. The molecule has 0 spiro atoms. The van der Waals surface area contributed by atoms with Crippen molar-refractivity contribution in [1.29, 1.82) is 0 Å². The summed E-state index contributed by atoms with van der Waals surface area (Å²) in [6, 6.07) is 8.88. The van der Waals surface area contributed by atoms with Crippen molar-refractivity contribution in [2.75, 3.05) is 11.5 Å². The van der Waals surface area contributed by atoms with Crippen LogP contribution in [0.25, 0.3) is 10.9 Å². The Hall–Kier alpha value is -2.93. The Balaban J connectivity index is 1.74. The zero-order valence-corrected chi connectivity index (χ0v) is 12.9. The van der Waals surface area contributed by atoms with Gasteiger partial charge >= 0.3 is 5.97 Å². The van der Waals surface area contributed by atoms with Gasteiger partial charge in [-0.25, -0.2) is 9.78 Å². The molecule has 24 heavy (non-hydrogen) atoms. The van der Waals surface area contributed by atoms with Gasteiger partial charge in [0.15, 0.2) is 0 Å². The highest BCUT2D eigenvalue weighted by Crippen LogP contribution is 2.30. The first-order chi connectivity index (χ1) is 11.7. The molecule has 2 aromatic heterocycles. The molecule has 3 heterocycles. The van der Waals surface area contributed by atoms with Crippen molar-refractivity contribution in [3.05, 3.63) is 53.3 Å². The third-order valence-corrected chi connectivity index (χ3v) is 4.31. The molecule has 0 aliphatic carbocycles. The highest BCUT2D eigenvalue weighted by Gasteiger charge is 2.25. The van der Waals surface area contributed by atoms with Gasteiger partial charge in [0.05, 0.1) is 42.7 Å². The fraction of sp³-hybridized carbons (Fsp3) is 0.235. The van der Waals surface area contributed by atoms with Crippen molar-refractivity contribution >= 4 is 22.7 Å². The fourth-order valence-electron chi connectivity index (χ4n) is 3.16. The Labute approximate surface area is 137 Å². The predicted molar refractivity (Wildman–Crippen MR) is 87.9 cm³/mol. The molecule has 2 N–H and O–H groups in total. The molecule has 0 atom stereocenters. The summed E-state index contributed by atoms with van der Waals surface area (Å²) in [7, 11) is 0. The number of hydrogen-bond acceptors (Lipinski definition) is 5. The van der Waals surface area contributed by atoms with Crippen molar-refractivity contribution in [2.24, 2.45) is 0 Å². The zero-order chi connectivity index (χ0) is 16.7. The number of aromatic nitrogens is 3. The van der Waals surface area contributed by atoms with E-state index in [1.807, 2.05) is 23.1 Å². The van der Waals surface area contributed by atoms with E-state index in [-0.39, 0.29) is 12.2 Å². The maximum Gasteiger partial charge on any atom is 0.336 e. The molecule has 7 nitrogen and oxygen atoms in total. The van der Waals surface area contributed by atoms with Crippen LogP contribution < -0.4 is 4.90 Å². The lowest BCUT2D eigenvalue weighted by atomic mass is 10.1. The van der Waals surface area contributed by atoms with Crippen LogP contribution in [0, 0.1) is 0 Å². The first kappa shape index (κ1) is 14.6. The number of carboxylic acid groups (broad SMARTS) is 1. The largest absolute Gasteiger partial charge is 0.478 e. The third-order valence-electron chi connectivity index (χ3n) is 4.31. The summed E-state index contributed by atoms with van der Waals surface area (Å²) in [5.74, 6) is -0.323. The standard InChI is InChI=1S/C17H16N4O3/c22-6-5-21-15-10-20(9-11(15)8-18-21)16-7-13(17(23)24)12-3-1-2-4-14(12)19-16/h1-4,7-8,22H,5-6,9-10H2,(H,23,24). The first-order valence-corrected chi connectivity index (χ1v) is 7.70. The summed E-state index contributed by atoms with van der Waals surface area (Å²) in [4.78, 5) is 18.3. The van der Waals surface area contributed by atoms with Gasteiger partial charge in [0.1, 0.15) is 5.82 Å². The smallest absolute Gasteiger partial charge is 0.336 e. The Morgan fingerprint density at radius 3 is 2.88 bits per heavy atom. The second kappa shape index (κ2) is 5.61. The number of carbonyl (C=O) groups is 1. The Morgan fingerprint density at radius 1 is 1.25 bits per heavy atom. The quantitative estimate of drug-likeness (QED) is 0.758. The number of aliphatic hydroxyl groups excluding tert-OH is 1. The van der Waals surface area contributed by atoms with Gasteiger partial charge in [0.2, 0.25) is 0 Å². The molecule has 1 aliphatic heterocycles. The number of aromatic carboxylic acids is 1. The van der Waals surface area contributed by atoms with Gasteiger partial charge < -0.3 is 15.1 Å². The molecule has 0 radical (unpaired) electrons. The van der Waals surface area contributed by atoms with Crippen LogP contribution in [0.1, 0.15) is 21.6 Å². The van der Waals surface area contributed by atoms with Crippen LogP contribution in [0.15, 0.2) is 36.5 Å². The second-order valence-electron chi connectivity index (χ2n) is 5.77. The number of fused-ring (bicyclic) bond motifs is 2. The molecule has 0 saturated carbocycles. The normalized spacial score (nSPS) is 13.5. The number of hydrogen-bond donors (Lipinski definition) is 2. The summed E-state index contributed by atoms with van der Waals surface area (Å²) in [6.45, 7) is 1.71. The van der Waals surface area contributed by atoms with E-state index >= 15 is 0 Å². The maximum absolute atomic E-state index is 11.6. The second-order valence-corrected chi connectivity index (χ2v) is 5.77. The third kappa shape index (κ3) is 2.30. The van der Waals surface area contributed by atoms with E-state index in [0.29, 0.717) is 36.4 Å². The number of rotatable bonds is 4. The molecule has 7 heteroatoms. The summed E-state index contributed by atoms with van der Waals surface area (Å²) < 4.78 is 1.79. The summed E-state index contributed by atoms with van der Waals surface area (Å²) in [5, 5.41) is 23.5.